The first kappa shape index (κ1) is 18.0. The lowest BCUT2D eigenvalue weighted by Gasteiger charge is -2.46. The second-order valence-corrected chi connectivity index (χ2v) is 8.00. The van der Waals surface area contributed by atoms with E-state index in [0.717, 1.165) is 30.6 Å². The van der Waals surface area contributed by atoms with Gasteiger partial charge in [0.2, 0.25) is 5.91 Å². The van der Waals surface area contributed by atoms with Gasteiger partial charge in [0.05, 0.1) is 16.9 Å². The lowest BCUT2D eigenvalue weighted by atomic mass is 9.82. The Morgan fingerprint density at radius 3 is 2.62 bits per heavy atom. The number of hydrogen-bond acceptors (Lipinski definition) is 2. The second-order valence-electron chi connectivity index (χ2n) is 8.00. The van der Waals surface area contributed by atoms with E-state index in [4.69, 9.17) is 0 Å². The van der Waals surface area contributed by atoms with Crippen molar-refractivity contribution in [1.82, 2.24) is 9.47 Å². The minimum atomic E-state index is -0.263. The van der Waals surface area contributed by atoms with Gasteiger partial charge in [0.1, 0.15) is 5.82 Å². The Bertz CT molecular complexity index is 1040. The van der Waals surface area contributed by atoms with E-state index in [1.54, 1.807) is 6.07 Å². The molecule has 3 aromatic rings. The summed E-state index contributed by atoms with van der Waals surface area (Å²) in [4.78, 5) is 14.7. The van der Waals surface area contributed by atoms with E-state index in [1.807, 2.05) is 41.4 Å². The monoisotopic (exact) mass is 389 g/mol. The van der Waals surface area contributed by atoms with Gasteiger partial charge in [-0.25, -0.2) is 4.39 Å². The Morgan fingerprint density at radius 1 is 1.03 bits per heavy atom. The highest BCUT2D eigenvalue weighted by Crippen LogP contribution is 2.43. The maximum atomic E-state index is 13.8. The average Bonchev–Trinajstić information content (AvgIpc) is 3.24. The third kappa shape index (κ3) is 3.20. The molecule has 0 saturated carbocycles. The van der Waals surface area contributed by atoms with Crippen LogP contribution < -0.4 is 5.32 Å². The lowest BCUT2D eigenvalue weighted by molar-refractivity contribution is -0.132. The van der Waals surface area contributed by atoms with Crippen molar-refractivity contribution < 1.29 is 9.18 Å². The summed E-state index contributed by atoms with van der Waals surface area (Å²) < 4.78 is 16.0. The first-order valence-corrected chi connectivity index (χ1v) is 10.2. The Balaban J connectivity index is 1.30. The number of amides is 1. The normalized spacial score (nSPS) is 16.8. The van der Waals surface area contributed by atoms with Crippen LogP contribution in [0.4, 0.5) is 10.1 Å². The predicted octanol–water partition coefficient (Wildman–Crippen LogP) is 4.49. The topological polar surface area (TPSA) is 37.3 Å². The number of piperidine rings is 1. The van der Waals surface area contributed by atoms with Gasteiger partial charge in [-0.05, 0) is 55.2 Å². The second kappa shape index (κ2) is 7.07. The Labute approximate surface area is 170 Å². The van der Waals surface area contributed by atoms with Gasteiger partial charge in [0.25, 0.3) is 0 Å². The van der Waals surface area contributed by atoms with Crippen molar-refractivity contribution in [2.45, 2.75) is 31.2 Å². The number of aromatic nitrogens is 1. The van der Waals surface area contributed by atoms with E-state index < -0.39 is 0 Å². The molecular weight excluding hydrogens is 365 g/mol. The average molecular weight is 389 g/mol. The molecule has 5 rings (SSSR count). The smallest absolute Gasteiger partial charge is 0.222 e. The molecule has 2 aromatic carbocycles. The van der Waals surface area contributed by atoms with Crippen LogP contribution in [0.15, 0.2) is 66.9 Å². The number of carbonyl (C=O) groups is 1. The summed E-state index contributed by atoms with van der Waals surface area (Å²) in [5.41, 5.74) is 3.91. The molecule has 0 unspecified atom stereocenters. The molecule has 1 saturated heterocycles. The molecule has 148 valence electrons. The van der Waals surface area contributed by atoms with Gasteiger partial charge in [0.15, 0.2) is 0 Å². The molecule has 2 aliphatic rings. The number of fused-ring (bicyclic) bond motifs is 4. The summed E-state index contributed by atoms with van der Waals surface area (Å²) in [7, 11) is 0. The number of aryl methyl sites for hydroxylation is 1. The fourth-order valence-electron chi connectivity index (χ4n) is 4.69. The number of carbonyl (C=O) groups excluding carboxylic acids is 1. The Kier molecular flexibility index (Phi) is 4.38. The van der Waals surface area contributed by atoms with Crippen molar-refractivity contribution in [2.75, 3.05) is 18.4 Å². The van der Waals surface area contributed by atoms with Crippen molar-refractivity contribution in [2.24, 2.45) is 0 Å². The van der Waals surface area contributed by atoms with E-state index in [9.17, 15) is 9.18 Å². The summed E-state index contributed by atoms with van der Waals surface area (Å²) in [6.07, 6.45) is 4.96. The molecule has 0 aliphatic carbocycles. The van der Waals surface area contributed by atoms with Crippen molar-refractivity contribution in [3.05, 3.63) is 83.9 Å². The van der Waals surface area contributed by atoms with Gasteiger partial charge in [-0.3, -0.25) is 4.79 Å². The van der Waals surface area contributed by atoms with Crippen LogP contribution in [0.5, 0.6) is 0 Å². The summed E-state index contributed by atoms with van der Waals surface area (Å²) in [5.74, 6) is -0.0307. The molecule has 5 heteroatoms. The molecule has 0 radical (unpaired) electrons. The maximum Gasteiger partial charge on any atom is 0.222 e. The molecule has 1 aromatic heterocycles. The number of hydrogen-bond donors (Lipinski definition) is 1. The number of anilines is 1. The molecule has 0 bridgehead atoms. The van der Waals surface area contributed by atoms with Crippen molar-refractivity contribution in [3.63, 3.8) is 0 Å². The third-order valence-corrected chi connectivity index (χ3v) is 6.27. The minimum Gasteiger partial charge on any atom is -0.372 e. The molecule has 3 heterocycles. The summed E-state index contributed by atoms with van der Waals surface area (Å²) in [5, 5.41) is 3.61. The van der Waals surface area contributed by atoms with E-state index >= 15 is 0 Å². The molecule has 4 nitrogen and oxygen atoms in total. The number of rotatable bonds is 3. The minimum absolute atomic E-state index is 0.210. The Morgan fingerprint density at radius 2 is 1.83 bits per heavy atom. The fourth-order valence-corrected chi connectivity index (χ4v) is 4.69. The molecule has 1 spiro atoms. The van der Waals surface area contributed by atoms with Gasteiger partial charge < -0.3 is 14.8 Å². The van der Waals surface area contributed by atoms with Gasteiger partial charge in [0, 0.05) is 31.4 Å². The highest BCUT2D eigenvalue weighted by atomic mass is 19.1. The number of nitrogens with one attached hydrogen (secondary N) is 1. The molecule has 2 aliphatic heterocycles. The summed E-state index contributed by atoms with van der Waals surface area (Å²) in [6.45, 7) is 1.41. The van der Waals surface area contributed by atoms with Gasteiger partial charge in [-0.15, -0.1) is 0 Å². The molecular formula is C24H24FN3O. The first-order valence-electron chi connectivity index (χ1n) is 10.2. The molecule has 29 heavy (non-hydrogen) atoms. The van der Waals surface area contributed by atoms with Crippen LogP contribution in [0.3, 0.4) is 0 Å². The molecule has 1 fully saturated rings. The van der Waals surface area contributed by atoms with Crippen molar-refractivity contribution in [3.8, 4) is 5.69 Å². The zero-order valence-electron chi connectivity index (χ0n) is 16.3. The zero-order valence-corrected chi connectivity index (χ0v) is 16.3. The molecule has 1 amide bonds. The lowest BCUT2D eigenvalue weighted by Crippen LogP contribution is -2.51. The van der Waals surface area contributed by atoms with E-state index in [1.165, 1.54) is 17.3 Å². The van der Waals surface area contributed by atoms with E-state index in [0.29, 0.717) is 19.5 Å². The number of likely N-dealkylation sites (tertiary alicyclic amines) is 1. The van der Waals surface area contributed by atoms with Crippen LogP contribution in [0.25, 0.3) is 5.69 Å². The van der Waals surface area contributed by atoms with E-state index in [-0.39, 0.29) is 17.3 Å². The standard InChI is InChI=1S/C24H24FN3O/c25-19-9-10-21-20(17-19)26-24(22-7-4-14-28(21)22)12-15-27(16-13-24)23(29)11-8-18-5-2-1-3-6-18/h1-7,9-10,14,17,26H,8,11-13,15-16H2. The van der Waals surface area contributed by atoms with Gasteiger partial charge in [-0.1, -0.05) is 30.3 Å². The highest BCUT2D eigenvalue weighted by molar-refractivity contribution is 5.77. The van der Waals surface area contributed by atoms with Crippen molar-refractivity contribution >= 4 is 11.6 Å². The van der Waals surface area contributed by atoms with Crippen LogP contribution >= 0.6 is 0 Å². The predicted molar refractivity (Wildman–Crippen MR) is 112 cm³/mol. The van der Waals surface area contributed by atoms with Crippen LogP contribution in [0, 0.1) is 5.82 Å². The van der Waals surface area contributed by atoms with Gasteiger partial charge in [-0.2, -0.15) is 0 Å². The fraction of sp³-hybridized carbons (Fsp3) is 0.292. The summed E-state index contributed by atoms with van der Waals surface area (Å²) in [6, 6.07) is 19.2. The number of benzene rings is 2. The van der Waals surface area contributed by atoms with Crippen molar-refractivity contribution in [1.29, 1.82) is 0 Å². The van der Waals surface area contributed by atoms with Crippen LogP contribution in [0.1, 0.15) is 30.5 Å². The molecule has 0 atom stereocenters. The zero-order chi connectivity index (χ0) is 19.8. The maximum absolute atomic E-state index is 13.8. The molecule has 1 N–H and O–H groups in total. The largest absolute Gasteiger partial charge is 0.372 e. The van der Waals surface area contributed by atoms with Crippen LogP contribution in [0.2, 0.25) is 0 Å². The number of nitrogens with zero attached hydrogens (tertiary/aromatic N) is 2. The first-order chi connectivity index (χ1) is 14.1. The highest BCUT2D eigenvalue weighted by Gasteiger charge is 2.42. The quantitative estimate of drug-likeness (QED) is 0.717. The van der Waals surface area contributed by atoms with Crippen LogP contribution in [-0.4, -0.2) is 28.5 Å². The third-order valence-electron chi connectivity index (χ3n) is 6.27. The SMILES string of the molecule is O=C(CCc1ccccc1)N1CCC2(CC1)Nc1cc(F)ccc1-n1cccc12. The number of halogens is 1. The summed E-state index contributed by atoms with van der Waals surface area (Å²) >= 11 is 0. The van der Waals surface area contributed by atoms with Crippen LogP contribution in [-0.2, 0) is 16.8 Å². The van der Waals surface area contributed by atoms with Gasteiger partial charge >= 0.3 is 0 Å². The Hall–Kier alpha value is -3.08. The van der Waals surface area contributed by atoms with E-state index in [2.05, 4.69) is 28.1 Å².